The van der Waals surface area contributed by atoms with Crippen LogP contribution in [0.3, 0.4) is 0 Å². The van der Waals surface area contributed by atoms with E-state index in [0.29, 0.717) is 13.1 Å². The molecule has 126 valence electrons. The number of hydrogen-bond acceptors (Lipinski definition) is 2. The first-order valence-electron chi connectivity index (χ1n) is 8.13. The SMILES string of the molecule is CC(=O)N(CCC(=O)NCc1cccc(C)c1)c1cccc(C)c1. The van der Waals surface area contributed by atoms with Crippen molar-refractivity contribution in [1.29, 1.82) is 0 Å². The summed E-state index contributed by atoms with van der Waals surface area (Å²) >= 11 is 0. The first kappa shape index (κ1) is 17.7. The lowest BCUT2D eigenvalue weighted by Crippen LogP contribution is -2.33. The van der Waals surface area contributed by atoms with Gasteiger partial charge in [0.15, 0.2) is 0 Å². The molecule has 0 aliphatic rings. The van der Waals surface area contributed by atoms with E-state index in [0.717, 1.165) is 16.8 Å². The summed E-state index contributed by atoms with van der Waals surface area (Å²) in [6.07, 6.45) is 0.277. The average Bonchev–Trinajstić information content (AvgIpc) is 2.53. The Morgan fingerprint density at radius 2 is 1.67 bits per heavy atom. The number of anilines is 1. The first-order valence-corrected chi connectivity index (χ1v) is 8.13. The molecule has 0 unspecified atom stereocenters. The third-order valence-corrected chi connectivity index (χ3v) is 3.83. The van der Waals surface area contributed by atoms with Gasteiger partial charge >= 0.3 is 0 Å². The van der Waals surface area contributed by atoms with E-state index in [9.17, 15) is 9.59 Å². The summed E-state index contributed by atoms with van der Waals surface area (Å²) in [5, 5.41) is 2.91. The van der Waals surface area contributed by atoms with E-state index in [4.69, 9.17) is 0 Å². The number of rotatable bonds is 6. The van der Waals surface area contributed by atoms with Gasteiger partial charge in [-0.15, -0.1) is 0 Å². The highest BCUT2D eigenvalue weighted by Crippen LogP contribution is 2.16. The molecule has 0 aromatic heterocycles. The highest BCUT2D eigenvalue weighted by Gasteiger charge is 2.13. The Bertz CT molecular complexity index is 725. The molecule has 4 nitrogen and oxygen atoms in total. The highest BCUT2D eigenvalue weighted by atomic mass is 16.2. The summed E-state index contributed by atoms with van der Waals surface area (Å²) in [4.78, 5) is 25.6. The van der Waals surface area contributed by atoms with Crippen LogP contribution in [0.2, 0.25) is 0 Å². The van der Waals surface area contributed by atoms with Gasteiger partial charge in [-0.2, -0.15) is 0 Å². The van der Waals surface area contributed by atoms with Crippen LogP contribution in [0.1, 0.15) is 30.0 Å². The van der Waals surface area contributed by atoms with E-state index in [1.165, 1.54) is 12.5 Å². The Hall–Kier alpha value is -2.62. The maximum Gasteiger partial charge on any atom is 0.223 e. The van der Waals surface area contributed by atoms with E-state index in [-0.39, 0.29) is 18.2 Å². The third-order valence-electron chi connectivity index (χ3n) is 3.83. The van der Waals surface area contributed by atoms with Gasteiger partial charge < -0.3 is 10.2 Å². The van der Waals surface area contributed by atoms with Crippen molar-refractivity contribution < 1.29 is 9.59 Å². The summed E-state index contributed by atoms with van der Waals surface area (Å²) in [6, 6.07) is 15.8. The molecule has 0 aliphatic carbocycles. The topological polar surface area (TPSA) is 49.4 Å². The minimum Gasteiger partial charge on any atom is -0.352 e. The molecular formula is C20H24N2O2. The quantitative estimate of drug-likeness (QED) is 0.886. The van der Waals surface area contributed by atoms with Crippen molar-refractivity contribution in [3.8, 4) is 0 Å². The fourth-order valence-corrected chi connectivity index (χ4v) is 2.59. The molecule has 2 rings (SSSR count). The van der Waals surface area contributed by atoms with Crippen LogP contribution in [0, 0.1) is 13.8 Å². The van der Waals surface area contributed by atoms with Crippen LogP contribution in [0.5, 0.6) is 0 Å². The zero-order valence-electron chi connectivity index (χ0n) is 14.5. The first-order chi connectivity index (χ1) is 11.5. The maximum absolute atomic E-state index is 12.1. The van der Waals surface area contributed by atoms with Crippen LogP contribution >= 0.6 is 0 Å². The van der Waals surface area contributed by atoms with Gasteiger partial charge in [0.2, 0.25) is 11.8 Å². The molecule has 2 aromatic rings. The molecule has 2 aromatic carbocycles. The van der Waals surface area contributed by atoms with Crippen LogP contribution in [-0.4, -0.2) is 18.4 Å². The maximum atomic E-state index is 12.1. The standard InChI is InChI=1S/C20H24N2O2/c1-15-6-4-8-18(12-15)14-21-20(24)10-11-22(17(3)23)19-9-5-7-16(2)13-19/h4-9,12-13H,10-11,14H2,1-3H3,(H,21,24). The molecule has 0 saturated carbocycles. The van der Waals surface area contributed by atoms with Crippen molar-refractivity contribution >= 4 is 17.5 Å². The predicted octanol–water partition coefficient (Wildman–Crippen LogP) is 3.36. The minimum absolute atomic E-state index is 0.0598. The Kier molecular flexibility index (Phi) is 6.13. The summed E-state index contributed by atoms with van der Waals surface area (Å²) in [5.41, 5.74) is 4.16. The molecule has 0 radical (unpaired) electrons. The number of carbonyl (C=O) groups excluding carboxylic acids is 2. The zero-order chi connectivity index (χ0) is 17.5. The molecular weight excluding hydrogens is 300 g/mol. The second-order valence-electron chi connectivity index (χ2n) is 6.03. The predicted molar refractivity (Wildman–Crippen MR) is 96.8 cm³/mol. The fourth-order valence-electron chi connectivity index (χ4n) is 2.59. The smallest absolute Gasteiger partial charge is 0.223 e. The monoisotopic (exact) mass is 324 g/mol. The third kappa shape index (κ3) is 5.23. The van der Waals surface area contributed by atoms with Gasteiger partial charge in [0.05, 0.1) is 0 Å². The number of nitrogens with one attached hydrogen (secondary N) is 1. The molecule has 0 aliphatic heterocycles. The number of amides is 2. The van der Waals surface area contributed by atoms with E-state index in [1.54, 1.807) is 4.90 Å². The normalized spacial score (nSPS) is 10.3. The van der Waals surface area contributed by atoms with E-state index < -0.39 is 0 Å². The molecule has 0 fully saturated rings. The lowest BCUT2D eigenvalue weighted by molar-refractivity contribution is -0.121. The van der Waals surface area contributed by atoms with Crippen molar-refractivity contribution in [3.05, 3.63) is 65.2 Å². The number of hydrogen-bond donors (Lipinski definition) is 1. The molecule has 4 heteroatoms. The molecule has 0 heterocycles. The van der Waals surface area contributed by atoms with Gasteiger partial charge in [-0.25, -0.2) is 0 Å². The largest absolute Gasteiger partial charge is 0.352 e. The second kappa shape index (κ2) is 8.29. The fraction of sp³-hybridized carbons (Fsp3) is 0.300. The summed E-state index contributed by atoms with van der Waals surface area (Å²) in [7, 11) is 0. The molecule has 2 amide bonds. The second-order valence-corrected chi connectivity index (χ2v) is 6.03. The Balaban J connectivity index is 1.90. The number of benzene rings is 2. The Morgan fingerprint density at radius 3 is 2.29 bits per heavy atom. The van der Waals surface area contributed by atoms with Crippen LogP contribution in [0.25, 0.3) is 0 Å². The highest BCUT2D eigenvalue weighted by molar-refractivity contribution is 5.92. The Morgan fingerprint density at radius 1 is 1.00 bits per heavy atom. The van der Waals surface area contributed by atoms with Gasteiger partial charge in [0.1, 0.15) is 0 Å². The molecule has 24 heavy (non-hydrogen) atoms. The van der Waals surface area contributed by atoms with Crippen molar-refractivity contribution in [2.24, 2.45) is 0 Å². The van der Waals surface area contributed by atoms with Crippen molar-refractivity contribution in [2.75, 3.05) is 11.4 Å². The zero-order valence-corrected chi connectivity index (χ0v) is 14.5. The van der Waals surface area contributed by atoms with E-state index in [2.05, 4.69) is 11.4 Å². The molecule has 0 spiro atoms. The lowest BCUT2D eigenvalue weighted by atomic mass is 10.1. The Labute approximate surface area is 143 Å². The molecule has 1 N–H and O–H groups in total. The summed E-state index contributed by atoms with van der Waals surface area (Å²) in [6.45, 7) is 6.41. The number of carbonyl (C=O) groups is 2. The van der Waals surface area contributed by atoms with Gasteiger partial charge in [0, 0.05) is 32.1 Å². The lowest BCUT2D eigenvalue weighted by Gasteiger charge is -2.21. The molecule has 0 saturated heterocycles. The average molecular weight is 324 g/mol. The van der Waals surface area contributed by atoms with Crippen LogP contribution in [-0.2, 0) is 16.1 Å². The van der Waals surface area contributed by atoms with Gasteiger partial charge in [-0.1, -0.05) is 42.0 Å². The molecule has 0 atom stereocenters. The van der Waals surface area contributed by atoms with Gasteiger partial charge in [-0.05, 0) is 37.1 Å². The van der Waals surface area contributed by atoms with Crippen molar-refractivity contribution in [3.63, 3.8) is 0 Å². The van der Waals surface area contributed by atoms with Crippen molar-refractivity contribution in [2.45, 2.75) is 33.7 Å². The summed E-state index contributed by atoms with van der Waals surface area (Å²) < 4.78 is 0. The number of aryl methyl sites for hydroxylation is 2. The number of nitrogens with zero attached hydrogens (tertiary/aromatic N) is 1. The molecule has 0 bridgehead atoms. The van der Waals surface area contributed by atoms with Gasteiger partial charge in [0.25, 0.3) is 0 Å². The van der Waals surface area contributed by atoms with Crippen molar-refractivity contribution in [1.82, 2.24) is 5.32 Å². The summed E-state index contributed by atoms with van der Waals surface area (Å²) in [5.74, 6) is -0.123. The van der Waals surface area contributed by atoms with E-state index >= 15 is 0 Å². The van der Waals surface area contributed by atoms with Gasteiger partial charge in [-0.3, -0.25) is 9.59 Å². The minimum atomic E-state index is -0.0629. The van der Waals surface area contributed by atoms with Crippen LogP contribution in [0.15, 0.2) is 48.5 Å². The van der Waals surface area contributed by atoms with Crippen LogP contribution in [0.4, 0.5) is 5.69 Å². The van der Waals surface area contributed by atoms with E-state index in [1.807, 2.05) is 56.3 Å². The van der Waals surface area contributed by atoms with Crippen LogP contribution < -0.4 is 10.2 Å².